The number of aromatic nitrogens is 1. The lowest BCUT2D eigenvalue weighted by Gasteiger charge is -2.15. The fraction of sp³-hybridized carbons (Fsp3) is 0.290. The van der Waals surface area contributed by atoms with Crippen molar-refractivity contribution in [2.24, 2.45) is 0 Å². The molecular weight excluding hydrogens is 482 g/mol. The maximum absolute atomic E-state index is 12.4. The quantitative estimate of drug-likeness (QED) is 0.193. The Labute approximate surface area is 223 Å². The van der Waals surface area contributed by atoms with Crippen LogP contribution in [-0.2, 0) is 17.8 Å². The van der Waals surface area contributed by atoms with Gasteiger partial charge in [-0.2, -0.15) is 0 Å². The number of nitrogens with zero attached hydrogens (tertiary/aromatic N) is 1. The third-order valence-electron chi connectivity index (χ3n) is 5.97. The molecule has 0 saturated carbocycles. The highest BCUT2D eigenvalue weighted by molar-refractivity contribution is 5.94. The molecule has 0 spiro atoms. The van der Waals surface area contributed by atoms with E-state index in [9.17, 15) is 4.79 Å². The number of methoxy groups -OCH3 is 1. The van der Waals surface area contributed by atoms with Gasteiger partial charge in [0.2, 0.25) is 5.89 Å². The van der Waals surface area contributed by atoms with Gasteiger partial charge in [-0.1, -0.05) is 37.3 Å². The molecule has 4 aromatic rings. The second-order valence-electron chi connectivity index (χ2n) is 8.87. The van der Waals surface area contributed by atoms with E-state index in [0.29, 0.717) is 42.6 Å². The SMILES string of the molecule is CCCOc1cc(C)c(C(=O)OC)c(OCc2ccc(OCCc3nc(-c4ccccc4)oc3C)cc2)c1. The van der Waals surface area contributed by atoms with Crippen LogP contribution in [0.25, 0.3) is 11.5 Å². The van der Waals surface area contributed by atoms with Crippen LogP contribution in [0, 0.1) is 13.8 Å². The van der Waals surface area contributed by atoms with E-state index in [4.69, 9.17) is 23.4 Å². The maximum atomic E-state index is 12.4. The maximum Gasteiger partial charge on any atom is 0.341 e. The molecule has 1 aromatic heterocycles. The summed E-state index contributed by atoms with van der Waals surface area (Å²) in [5.41, 5.74) is 3.91. The molecule has 0 atom stereocenters. The Balaban J connectivity index is 1.34. The summed E-state index contributed by atoms with van der Waals surface area (Å²) in [6, 6.07) is 21.1. The van der Waals surface area contributed by atoms with Gasteiger partial charge in [0.1, 0.15) is 35.2 Å². The first-order chi connectivity index (χ1) is 18.5. The molecule has 0 saturated heterocycles. The Morgan fingerprint density at radius 2 is 1.63 bits per heavy atom. The fourth-order valence-corrected chi connectivity index (χ4v) is 3.98. The van der Waals surface area contributed by atoms with Crippen LogP contribution < -0.4 is 14.2 Å². The molecule has 198 valence electrons. The van der Waals surface area contributed by atoms with Crippen molar-refractivity contribution in [3.8, 4) is 28.7 Å². The first kappa shape index (κ1) is 26.8. The van der Waals surface area contributed by atoms with Crippen LogP contribution >= 0.6 is 0 Å². The number of hydrogen-bond acceptors (Lipinski definition) is 7. The minimum absolute atomic E-state index is 0.279. The second-order valence-corrected chi connectivity index (χ2v) is 8.87. The molecular formula is C31H33NO6. The van der Waals surface area contributed by atoms with E-state index in [2.05, 4.69) is 4.98 Å². The van der Waals surface area contributed by atoms with Crippen molar-refractivity contribution in [2.75, 3.05) is 20.3 Å². The van der Waals surface area contributed by atoms with E-state index in [-0.39, 0.29) is 6.61 Å². The van der Waals surface area contributed by atoms with Crippen LogP contribution in [0.4, 0.5) is 0 Å². The van der Waals surface area contributed by atoms with Crippen LogP contribution in [0.1, 0.15) is 46.3 Å². The Morgan fingerprint density at radius 3 is 2.34 bits per heavy atom. The molecule has 0 aliphatic carbocycles. The number of aryl methyl sites for hydroxylation is 2. The predicted octanol–water partition coefficient (Wildman–Crippen LogP) is 6.73. The number of rotatable bonds is 12. The highest BCUT2D eigenvalue weighted by Crippen LogP contribution is 2.30. The summed E-state index contributed by atoms with van der Waals surface area (Å²) in [5, 5.41) is 0. The van der Waals surface area contributed by atoms with Crippen LogP contribution in [0.2, 0.25) is 0 Å². The minimum atomic E-state index is -0.443. The van der Waals surface area contributed by atoms with E-state index in [1.807, 2.05) is 81.4 Å². The molecule has 0 fully saturated rings. The van der Waals surface area contributed by atoms with E-state index >= 15 is 0 Å². The van der Waals surface area contributed by atoms with Crippen molar-refractivity contribution in [3.63, 3.8) is 0 Å². The normalized spacial score (nSPS) is 10.7. The number of ether oxygens (including phenoxy) is 4. The van der Waals surface area contributed by atoms with Crippen LogP contribution in [0.3, 0.4) is 0 Å². The van der Waals surface area contributed by atoms with E-state index in [0.717, 1.165) is 40.3 Å². The van der Waals surface area contributed by atoms with Gasteiger partial charge in [-0.05, 0) is 61.7 Å². The number of hydrogen-bond donors (Lipinski definition) is 0. The Hall–Kier alpha value is -4.26. The number of carbonyl (C=O) groups excluding carboxylic acids is 1. The zero-order chi connectivity index (χ0) is 26.9. The number of esters is 1. The lowest BCUT2D eigenvalue weighted by Crippen LogP contribution is -2.09. The van der Waals surface area contributed by atoms with Crippen molar-refractivity contribution in [1.29, 1.82) is 0 Å². The summed E-state index contributed by atoms with van der Waals surface area (Å²) in [6.45, 7) is 7.14. The van der Waals surface area contributed by atoms with Crippen molar-refractivity contribution < 1.29 is 28.2 Å². The molecule has 7 nitrogen and oxygen atoms in total. The van der Waals surface area contributed by atoms with Crippen LogP contribution in [0.15, 0.2) is 71.1 Å². The largest absolute Gasteiger partial charge is 0.493 e. The molecule has 0 unspecified atom stereocenters. The molecule has 38 heavy (non-hydrogen) atoms. The van der Waals surface area contributed by atoms with Gasteiger partial charge in [0, 0.05) is 18.1 Å². The van der Waals surface area contributed by atoms with Crippen molar-refractivity contribution in [1.82, 2.24) is 4.98 Å². The van der Waals surface area contributed by atoms with Gasteiger partial charge in [-0.3, -0.25) is 0 Å². The summed E-state index contributed by atoms with van der Waals surface area (Å²) in [7, 11) is 1.36. The third-order valence-corrected chi connectivity index (χ3v) is 5.97. The van der Waals surface area contributed by atoms with Gasteiger partial charge in [-0.25, -0.2) is 9.78 Å². The highest BCUT2D eigenvalue weighted by Gasteiger charge is 2.19. The second kappa shape index (κ2) is 12.8. The summed E-state index contributed by atoms with van der Waals surface area (Å²) < 4.78 is 28.5. The first-order valence-corrected chi connectivity index (χ1v) is 12.7. The highest BCUT2D eigenvalue weighted by atomic mass is 16.5. The number of benzene rings is 3. The molecule has 0 amide bonds. The van der Waals surface area contributed by atoms with Gasteiger partial charge >= 0.3 is 5.97 Å². The van der Waals surface area contributed by atoms with Crippen molar-refractivity contribution in [3.05, 3.63) is 94.9 Å². The van der Waals surface area contributed by atoms with Crippen molar-refractivity contribution in [2.45, 2.75) is 40.2 Å². The Kier molecular flexibility index (Phi) is 9.03. The number of carbonyl (C=O) groups is 1. The molecule has 1 heterocycles. The van der Waals surface area contributed by atoms with Gasteiger partial charge in [0.05, 0.1) is 26.0 Å². The summed E-state index contributed by atoms with van der Waals surface area (Å²) in [6.07, 6.45) is 1.52. The molecule has 3 aromatic carbocycles. The van der Waals surface area contributed by atoms with Crippen LogP contribution in [0.5, 0.6) is 17.2 Å². The lowest BCUT2D eigenvalue weighted by molar-refractivity contribution is 0.0594. The van der Waals surface area contributed by atoms with Gasteiger partial charge in [-0.15, -0.1) is 0 Å². The number of oxazole rings is 1. The molecule has 0 aliphatic rings. The van der Waals surface area contributed by atoms with E-state index in [1.54, 1.807) is 6.07 Å². The smallest absolute Gasteiger partial charge is 0.341 e. The summed E-state index contributed by atoms with van der Waals surface area (Å²) in [5.74, 6) is 2.82. The minimum Gasteiger partial charge on any atom is -0.493 e. The van der Waals surface area contributed by atoms with E-state index in [1.165, 1.54) is 7.11 Å². The molecule has 7 heteroatoms. The molecule has 0 radical (unpaired) electrons. The Morgan fingerprint density at radius 1 is 0.895 bits per heavy atom. The van der Waals surface area contributed by atoms with Gasteiger partial charge < -0.3 is 23.4 Å². The van der Waals surface area contributed by atoms with Crippen molar-refractivity contribution >= 4 is 5.97 Å². The van der Waals surface area contributed by atoms with Gasteiger partial charge in [0.25, 0.3) is 0 Å². The average Bonchev–Trinajstić information content (AvgIpc) is 3.31. The fourth-order valence-electron chi connectivity index (χ4n) is 3.98. The molecule has 0 aliphatic heterocycles. The molecule has 0 N–H and O–H groups in total. The monoisotopic (exact) mass is 515 g/mol. The van der Waals surface area contributed by atoms with E-state index < -0.39 is 5.97 Å². The Bertz CT molecular complexity index is 1350. The predicted molar refractivity (Wildman–Crippen MR) is 145 cm³/mol. The molecule has 0 bridgehead atoms. The standard InChI is InChI=1S/C31H33NO6/c1-5-16-35-26-18-21(2)29(31(33)34-4)28(19-26)37-20-23-11-13-25(14-12-23)36-17-15-27-22(3)38-30(32-27)24-9-7-6-8-10-24/h6-14,18-19H,5,15-17,20H2,1-4H3. The summed E-state index contributed by atoms with van der Waals surface area (Å²) in [4.78, 5) is 17.0. The lowest BCUT2D eigenvalue weighted by atomic mass is 10.1. The zero-order valence-electron chi connectivity index (χ0n) is 22.3. The zero-order valence-corrected chi connectivity index (χ0v) is 22.3. The average molecular weight is 516 g/mol. The van der Waals surface area contributed by atoms with Crippen LogP contribution in [-0.4, -0.2) is 31.3 Å². The van der Waals surface area contributed by atoms with Gasteiger partial charge in [0.15, 0.2) is 0 Å². The molecule has 4 rings (SSSR count). The summed E-state index contributed by atoms with van der Waals surface area (Å²) >= 11 is 0. The third kappa shape index (κ3) is 6.73. The first-order valence-electron chi connectivity index (χ1n) is 12.7. The topological polar surface area (TPSA) is 80.0 Å².